The van der Waals surface area contributed by atoms with Gasteiger partial charge in [-0.15, -0.1) is 11.6 Å². The van der Waals surface area contributed by atoms with Crippen LogP contribution in [0.2, 0.25) is 0 Å². The molecule has 0 unspecified atom stereocenters. The minimum atomic E-state index is -3.21. The van der Waals surface area contributed by atoms with Gasteiger partial charge in [0.05, 0.1) is 11.4 Å². The molecule has 0 aromatic heterocycles. The van der Waals surface area contributed by atoms with E-state index in [2.05, 4.69) is 4.72 Å². The van der Waals surface area contributed by atoms with Crippen molar-refractivity contribution in [2.45, 2.75) is 12.8 Å². The van der Waals surface area contributed by atoms with Gasteiger partial charge in [0.2, 0.25) is 10.0 Å². The normalized spacial score (nSPS) is 11.3. The van der Waals surface area contributed by atoms with Crippen molar-refractivity contribution < 1.29 is 8.42 Å². The van der Waals surface area contributed by atoms with Gasteiger partial charge in [-0.05, 0) is 18.6 Å². The second-order valence-electron chi connectivity index (χ2n) is 2.80. The summed E-state index contributed by atoms with van der Waals surface area (Å²) < 4.78 is 25.0. The van der Waals surface area contributed by atoms with E-state index in [1.807, 2.05) is 6.07 Å². The first kappa shape index (κ1) is 11.3. The first-order chi connectivity index (χ1) is 6.59. The highest BCUT2D eigenvalue weighted by Crippen LogP contribution is 2.18. The van der Waals surface area contributed by atoms with Crippen LogP contribution in [0, 0.1) is 0 Å². The molecule has 0 atom stereocenters. The molecule has 0 radical (unpaired) electrons. The third kappa shape index (κ3) is 2.89. The van der Waals surface area contributed by atoms with E-state index < -0.39 is 10.0 Å². The Labute approximate surface area is 89.1 Å². The van der Waals surface area contributed by atoms with Gasteiger partial charge in [-0.1, -0.05) is 18.2 Å². The number of para-hydroxylation sites is 1. The van der Waals surface area contributed by atoms with Gasteiger partial charge in [0, 0.05) is 5.88 Å². The third-order valence-electron chi connectivity index (χ3n) is 1.81. The number of alkyl halides is 1. The zero-order chi connectivity index (χ0) is 10.6. The molecule has 1 aromatic carbocycles. The molecule has 0 fully saturated rings. The molecule has 1 rings (SSSR count). The maximum absolute atomic E-state index is 11.3. The van der Waals surface area contributed by atoms with Crippen LogP contribution in [0.4, 0.5) is 5.69 Å². The SMILES string of the molecule is CCS(=O)(=O)Nc1ccccc1CCl. The van der Waals surface area contributed by atoms with Crippen molar-refractivity contribution in [3.05, 3.63) is 29.8 Å². The van der Waals surface area contributed by atoms with Gasteiger partial charge in [0.1, 0.15) is 0 Å². The molecule has 14 heavy (non-hydrogen) atoms. The first-order valence-corrected chi connectivity index (χ1v) is 6.42. The van der Waals surface area contributed by atoms with Gasteiger partial charge in [-0.25, -0.2) is 8.42 Å². The van der Waals surface area contributed by atoms with Crippen LogP contribution < -0.4 is 4.72 Å². The smallest absolute Gasteiger partial charge is 0.232 e. The molecule has 1 aromatic rings. The summed E-state index contributed by atoms with van der Waals surface area (Å²) in [5, 5.41) is 0. The zero-order valence-electron chi connectivity index (χ0n) is 7.83. The topological polar surface area (TPSA) is 46.2 Å². The number of halogens is 1. The third-order valence-corrected chi connectivity index (χ3v) is 3.39. The number of benzene rings is 1. The van der Waals surface area contributed by atoms with Crippen LogP contribution >= 0.6 is 11.6 Å². The summed E-state index contributed by atoms with van der Waals surface area (Å²) in [4.78, 5) is 0. The summed E-state index contributed by atoms with van der Waals surface area (Å²) in [5.41, 5.74) is 1.34. The van der Waals surface area contributed by atoms with Gasteiger partial charge in [0.25, 0.3) is 0 Å². The van der Waals surface area contributed by atoms with Crippen molar-refractivity contribution >= 4 is 27.3 Å². The summed E-state index contributed by atoms with van der Waals surface area (Å²) in [6.45, 7) is 1.59. The Morgan fingerprint density at radius 3 is 2.57 bits per heavy atom. The van der Waals surface area contributed by atoms with Crippen molar-refractivity contribution in [3.8, 4) is 0 Å². The molecule has 0 aliphatic heterocycles. The number of sulfonamides is 1. The Morgan fingerprint density at radius 2 is 2.00 bits per heavy atom. The average Bonchev–Trinajstić information content (AvgIpc) is 2.18. The lowest BCUT2D eigenvalue weighted by Crippen LogP contribution is -2.15. The highest BCUT2D eigenvalue weighted by atomic mass is 35.5. The Bertz CT molecular complexity index is 403. The van der Waals surface area contributed by atoms with Crippen molar-refractivity contribution in [3.63, 3.8) is 0 Å². The van der Waals surface area contributed by atoms with Crippen LogP contribution in [0.5, 0.6) is 0 Å². The number of anilines is 1. The Balaban J connectivity index is 2.97. The fourth-order valence-electron chi connectivity index (χ4n) is 0.976. The molecule has 5 heteroatoms. The van der Waals surface area contributed by atoms with E-state index >= 15 is 0 Å². The van der Waals surface area contributed by atoms with E-state index in [1.165, 1.54) is 0 Å². The number of nitrogens with one attached hydrogen (secondary N) is 1. The molecular formula is C9H12ClNO2S. The summed E-state index contributed by atoms with van der Waals surface area (Å²) in [7, 11) is -3.21. The maximum atomic E-state index is 11.3. The van der Waals surface area contributed by atoms with Gasteiger partial charge in [-0.3, -0.25) is 4.72 Å². The molecule has 0 saturated heterocycles. The monoisotopic (exact) mass is 233 g/mol. The van der Waals surface area contributed by atoms with Crippen molar-refractivity contribution in [1.29, 1.82) is 0 Å². The van der Waals surface area contributed by atoms with Gasteiger partial charge in [-0.2, -0.15) is 0 Å². The number of hydrogen-bond acceptors (Lipinski definition) is 2. The first-order valence-electron chi connectivity index (χ1n) is 4.23. The lowest BCUT2D eigenvalue weighted by molar-refractivity contribution is 0.602. The minimum Gasteiger partial charge on any atom is -0.283 e. The van der Waals surface area contributed by atoms with Crippen molar-refractivity contribution in [2.24, 2.45) is 0 Å². The minimum absolute atomic E-state index is 0.0591. The summed E-state index contributed by atoms with van der Waals surface area (Å²) in [6.07, 6.45) is 0. The van der Waals surface area contributed by atoms with Crippen LogP contribution in [0.25, 0.3) is 0 Å². The summed E-state index contributed by atoms with van der Waals surface area (Å²) >= 11 is 5.67. The van der Waals surface area contributed by atoms with Gasteiger partial charge >= 0.3 is 0 Å². The van der Waals surface area contributed by atoms with Gasteiger partial charge < -0.3 is 0 Å². The highest BCUT2D eigenvalue weighted by molar-refractivity contribution is 7.92. The van der Waals surface area contributed by atoms with Gasteiger partial charge in [0.15, 0.2) is 0 Å². The van der Waals surface area contributed by atoms with E-state index in [9.17, 15) is 8.42 Å². The molecule has 3 nitrogen and oxygen atoms in total. The predicted octanol–water partition coefficient (Wildman–Crippen LogP) is 2.19. The molecule has 0 saturated carbocycles. The molecule has 0 aliphatic carbocycles. The molecule has 0 spiro atoms. The van der Waals surface area contributed by atoms with Crippen LogP contribution in [-0.2, 0) is 15.9 Å². The molecule has 0 heterocycles. The lowest BCUT2D eigenvalue weighted by atomic mass is 10.2. The molecule has 1 N–H and O–H groups in total. The Morgan fingerprint density at radius 1 is 1.36 bits per heavy atom. The molecular weight excluding hydrogens is 222 g/mol. The van der Waals surface area contributed by atoms with E-state index in [0.717, 1.165) is 5.56 Å². The van der Waals surface area contributed by atoms with Crippen LogP contribution in [-0.4, -0.2) is 14.2 Å². The summed E-state index contributed by atoms with van der Waals surface area (Å²) in [5.74, 6) is 0.353. The average molecular weight is 234 g/mol. The quantitative estimate of drug-likeness (QED) is 0.811. The van der Waals surface area contributed by atoms with E-state index in [-0.39, 0.29) is 5.75 Å². The molecule has 0 aliphatic rings. The maximum Gasteiger partial charge on any atom is 0.232 e. The fraction of sp³-hybridized carbons (Fsp3) is 0.333. The van der Waals surface area contributed by atoms with E-state index in [0.29, 0.717) is 11.6 Å². The van der Waals surface area contributed by atoms with Crippen molar-refractivity contribution in [1.82, 2.24) is 0 Å². The fourth-order valence-corrected chi connectivity index (χ4v) is 1.89. The largest absolute Gasteiger partial charge is 0.283 e. The Hall–Kier alpha value is -0.740. The van der Waals surface area contributed by atoms with E-state index in [4.69, 9.17) is 11.6 Å². The zero-order valence-corrected chi connectivity index (χ0v) is 9.40. The Kier molecular flexibility index (Phi) is 3.77. The predicted molar refractivity (Wildman–Crippen MR) is 59.1 cm³/mol. The van der Waals surface area contributed by atoms with E-state index in [1.54, 1.807) is 25.1 Å². The van der Waals surface area contributed by atoms with Crippen molar-refractivity contribution in [2.75, 3.05) is 10.5 Å². The summed E-state index contributed by atoms with van der Waals surface area (Å²) in [6, 6.07) is 7.08. The van der Waals surface area contributed by atoms with Crippen LogP contribution in [0.3, 0.4) is 0 Å². The second kappa shape index (κ2) is 4.66. The standard InChI is InChI=1S/C9H12ClNO2S/c1-2-14(12,13)11-9-6-4-3-5-8(9)7-10/h3-6,11H,2,7H2,1H3. The molecule has 78 valence electrons. The number of hydrogen-bond donors (Lipinski definition) is 1. The lowest BCUT2D eigenvalue weighted by Gasteiger charge is -2.09. The highest BCUT2D eigenvalue weighted by Gasteiger charge is 2.08. The number of rotatable bonds is 4. The molecule has 0 bridgehead atoms. The second-order valence-corrected chi connectivity index (χ2v) is 5.07. The van der Waals surface area contributed by atoms with Crippen LogP contribution in [0.1, 0.15) is 12.5 Å². The van der Waals surface area contributed by atoms with Crippen LogP contribution in [0.15, 0.2) is 24.3 Å². The molecule has 0 amide bonds.